The van der Waals surface area contributed by atoms with E-state index < -0.39 is 24.5 Å². The summed E-state index contributed by atoms with van der Waals surface area (Å²) >= 11 is 0. The van der Waals surface area contributed by atoms with Gasteiger partial charge >= 0.3 is 12.1 Å². The van der Waals surface area contributed by atoms with Gasteiger partial charge in [0.05, 0.1) is 0 Å². The molecule has 3 aromatic rings. The highest BCUT2D eigenvalue weighted by molar-refractivity contribution is 5.85. The molecule has 1 aliphatic carbocycles. The van der Waals surface area contributed by atoms with Gasteiger partial charge in [0.15, 0.2) is 0 Å². The fourth-order valence-electron chi connectivity index (χ4n) is 5.50. The number of H-pyrrole nitrogens is 1. The zero-order valence-electron chi connectivity index (χ0n) is 26.0. The van der Waals surface area contributed by atoms with Crippen LogP contribution in [0, 0.1) is 5.92 Å². The zero-order valence-corrected chi connectivity index (χ0v) is 26.0. The number of amides is 1. The molecule has 236 valence electrons. The van der Waals surface area contributed by atoms with E-state index in [1.807, 2.05) is 69.3 Å². The number of benzene rings is 2. The van der Waals surface area contributed by atoms with E-state index in [1.165, 1.54) is 6.92 Å². The van der Waals surface area contributed by atoms with Crippen molar-refractivity contribution in [1.29, 1.82) is 0 Å². The summed E-state index contributed by atoms with van der Waals surface area (Å²) < 4.78 is 16.2. The monoisotopic (exact) mass is 605 g/mol. The van der Waals surface area contributed by atoms with Crippen molar-refractivity contribution in [1.82, 2.24) is 25.5 Å². The number of aromatic amines is 1. The van der Waals surface area contributed by atoms with Crippen LogP contribution in [0.15, 0.2) is 48.5 Å². The largest absolute Gasteiger partial charge is 0.511 e. The van der Waals surface area contributed by atoms with Gasteiger partial charge in [-0.25, -0.2) is 9.59 Å². The van der Waals surface area contributed by atoms with Crippen molar-refractivity contribution in [3.63, 3.8) is 0 Å². The molecule has 2 aromatic carbocycles. The first-order valence-electron chi connectivity index (χ1n) is 15.6. The lowest BCUT2D eigenvalue weighted by atomic mass is 9.97. The predicted octanol–water partition coefficient (Wildman–Crippen LogP) is 6.45. The van der Waals surface area contributed by atoms with Crippen LogP contribution in [0.5, 0.6) is 0 Å². The fraction of sp³-hybridized carbons (Fsp3) is 0.515. The summed E-state index contributed by atoms with van der Waals surface area (Å²) in [7, 11) is 0. The minimum Gasteiger partial charge on any atom is -0.431 e. The summed E-state index contributed by atoms with van der Waals surface area (Å²) in [5, 5.41) is 14.4. The van der Waals surface area contributed by atoms with Crippen molar-refractivity contribution in [2.24, 2.45) is 5.92 Å². The minimum atomic E-state index is -1.16. The number of ether oxygens (including phenoxy) is 3. The van der Waals surface area contributed by atoms with Gasteiger partial charge in [-0.1, -0.05) is 82.1 Å². The van der Waals surface area contributed by atoms with Crippen LogP contribution in [0.2, 0.25) is 0 Å². The number of unbranched alkanes of at least 4 members (excludes halogenated alkanes) is 1. The Bertz CT molecular complexity index is 1360. The van der Waals surface area contributed by atoms with E-state index in [9.17, 15) is 14.4 Å². The second-order valence-corrected chi connectivity index (χ2v) is 11.5. The van der Waals surface area contributed by atoms with Gasteiger partial charge in [-0.2, -0.15) is 5.21 Å². The highest BCUT2D eigenvalue weighted by Crippen LogP contribution is 2.30. The van der Waals surface area contributed by atoms with E-state index in [2.05, 4.69) is 20.6 Å². The molecule has 0 spiro atoms. The van der Waals surface area contributed by atoms with Gasteiger partial charge < -0.3 is 19.1 Å². The normalized spacial score (nSPS) is 14.9. The van der Waals surface area contributed by atoms with E-state index >= 15 is 0 Å². The molecule has 1 aliphatic rings. The zero-order chi connectivity index (χ0) is 31.5. The lowest BCUT2D eigenvalue weighted by molar-refractivity contribution is -0.179. The van der Waals surface area contributed by atoms with Crippen molar-refractivity contribution in [2.75, 3.05) is 0 Å². The molecule has 1 aromatic heterocycles. The molecule has 44 heavy (non-hydrogen) atoms. The second-order valence-electron chi connectivity index (χ2n) is 11.5. The summed E-state index contributed by atoms with van der Waals surface area (Å²) in [6, 6.07) is 14.7. The first kappa shape index (κ1) is 32.6. The third kappa shape index (κ3) is 8.87. The Morgan fingerprint density at radius 1 is 0.955 bits per heavy atom. The number of carbonyl (C=O) groups excluding carboxylic acids is 3. The maximum atomic E-state index is 13.5. The van der Waals surface area contributed by atoms with Gasteiger partial charge in [0.25, 0.3) is 0 Å². The number of hydrogen-bond donors (Lipinski definition) is 1. The summed E-state index contributed by atoms with van der Waals surface area (Å²) in [6.07, 6.45) is 4.43. The molecule has 1 amide bonds. The molecular formula is C33H43N5O6. The van der Waals surface area contributed by atoms with Crippen LogP contribution in [-0.2, 0) is 30.3 Å². The maximum absolute atomic E-state index is 13.5. The van der Waals surface area contributed by atoms with E-state index in [-0.39, 0.29) is 24.5 Å². The van der Waals surface area contributed by atoms with Crippen molar-refractivity contribution >= 4 is 18.0 Å². The van der Waals surface area contributed by atoms with Crippen LogP contribution in [0.4, 0.5) is 4.79 Å². The van der Waals surface area contributed by atoms with E-state index in [4.69, 9.17) is 14.2 Å². The van der Waals surface area contributed by atoms with Crippen LogP contribution < -0.4 is 0 Å². The molecule has 1 N–H and O–H groups in total. The number of nitrogens with zero attached hydrogens (tertiary/aromatic N) is 4. The highest BCUT2D eigenvalue weighted by atomic mass is 16.8. The van der Waals surface area contributed by atoms with Gasteiger partial charge in [-0.15, -0.1) is 10.2 Å². The number of tetrazole rings is 1. The third-order valence-electron chi connectivity index (χ3n) is 7.76. The van der Waals surface area contributed by atoms with Gasteiger partial charge in [0.2, 0.25) is 18.0 Å². The topological polar surface area (TPSA) is 137 Å². The number of esters is 1. The molecular weight excluding hydrogens is 562 g/mol. The lowest BCUT2D eigenvalue weighted by Crippen LogP contribution is -2.49. The molecule has 1 heterocycles. The molecule has 1 fully saturated rings. The number of nitrogens with one attached hydrogen (secondary N) is 1. The van der Waals surface area contributed by atoms with Gasteiger partial charge in [-0.05, 0) is 59.9 Å². The van der Waals surface area contributed by atoms with Crippen LogP contribution in [0.25, 0.3) is 22.5 Å². The quantitative estimate of drug-likeness (QED) is 0.172. The maximum Gasteiger partial charge on any atom is 0.511 e. The molecule has 0 radical (unpaired) electrons. The molecule has 11 heteroatoms. The van der Waals surface area contributed by atoms with Crippen molar-refractivity contribution in [2.45, 2.75) is 104 Å². The van der Waals surface area contributed by atoms with Crippen molar-refractivity contribution < 1.29 is 28.6 Å². The van der Waals surface area contributed by atoms with E-state index in [0.29, 0.717) is 18.7 Å². The van der Waals surface area contributed by atoms with Crippen LogP contribution in [0.3, 0.4) is 0 Å². The van der Waals surface area contributed by atoms with Crippen LogP contribution >= 0.6 is 0 Å². The Morgan fingerprint density at radius 2 is 1.66 bits per heavy atom. The third-order valence-corrected chi connectivity index (χ3v) is 7.76. The highest BCUT2D eigenvalue weighted by Gasteiger charge is 2.35. The number of rotatable bonds is 13. The minimum absolute atomic E-state index is 0.140. The number of aromatic nitrogens is 4. The molecule has 0 saturated heterocycles. The van der Waals surface area contributed by atoms with Crippen molar-refractivity contribution in [3.05, 3.63) is 54.1 Å². The lowest BCUT2D eigenvalue weighted by Gasteiger charge is -2.33. The summed E-state index contributed by atoms with van der Waals surface area (Å²) in [4.78, 5) is 40.9. The Balaban J connectivity index is 1.48. The summed E-state index contributed by atoms with van der Waals surface area (Å²) in [5.74, 6) is -0.528. The Hall–Kier alpha value is -4.28. The second kappa shape index (κ2) is 16.0. The van der Waals surface area contributed by atoms with E-state index in [0.717, 1.165) is 60.8 Å². The first-order valence-corrected chi connectivity index (χ1v) is 15.6. The molecule has 0 aliphatic heterocycles. The first-order chi connectivity index (χ1) is 21.3. The number of hydrogen-bond acceptors (Lipinski definition) is 9. The Labute approximate surface area is 258 Å². The molecule has 2 atom stereocenters. The van der Waals surface area contributed by atoms with Crippen LogP contribution in [-0.4, -0.2) is 62.0 Å². The van der Waals surface area contributed by atoms with Gasteiger partial charge in [0, 0.05) is 25.5 Å². The fourth-order valence-corrected chi connectivity index (χ4v) is 5.50. The number of carbonyl (C=O) groups is 3. The molecule has 4 rings (SSSR count). The van der Waals surface area contributed by atoms with Gasteiger partial charge in [-0.3, -0.25) is 4.79 Å². The van der Waals surface area contributed by atoms with Gasteiger partial charge in [0.1, 0.15) is 12.1 Å². The summed E-state index contributed by atoms with van der Waals surface area (Å²) in [5.41, 5.74) is 3.58. The average molecular weight is 606 g/mol. The predicted molar refractivity (Wildman–Crippen MR) is 164 cm³/mol. The average Bonchev–Trinajstić information content (AvgIpc) is 3.55. The van der Waals surface area contributed by atoms with E-state index in [1.54, 1.807) is 4.90 Å². The molecule has 1 saturated carbocycles. The van der Waals surface area contributed by atoms with Crippen molar-refractivity contribution in [3.8, 4) is 22.5 Å². The Kier molecular flexibility index (Phi) is 11.8. The summed E-state index contributed by atoms with van der Waals surface area (Å²) in [6.45, 7) is 7.44. The molecule has 0 bridgehead atoms. The smallest absolute Gasteiger partial charge is 0.431 e. The standard InChI is InChI=1S/C33H43N5O6/c1-5-6-16-29(39)38(30(22(2)3)32(40)42-23(4)43-33(41)44-26-12-8-7-9-13-26)21-24-17-19-25(20-18-24)27-14-10-11-15-28(27)31-34-36-37-35-31/h10-11,14-15,17-20,22-23,26,30H,5-9,12-13,16,21H2,1-4H3,(H,34,35,36,37). The molecule has 11 nitrogen and oxygen atoms in total. The van der Waals surface area contributed by atoms with Crippen LogP contribution in [0.1, 0.15) is 84.6 Å². The molecule has 2 unspecified atom stereocenters. The Morgan fingerprint density at radius 3 is 2.30 bits per heavy atom. The SMILES string of the molecule is CCCCC(=O)N(Cc1ccc(-c2ccccc2-c2nn[nH]n2)cc1)C(C(=O)OC(C)OC(=O)OC1CCCCC1)C(C)C.